The summed E-state index contributed by atoms with van der Waals surface area (Å²) in [4.78, 5) is 36.9. The number of nitrogens with zero attached hydrogens (tertiary/aromatic N) is 3. The van der Waals surface area contributed by atoms with E-state index >= 15 is 0 Å². The molecule has 2 aromatic rings. The summed E-state index contributed by atoms with van der Waals surface area (Å²) in [5.41, 5.74) is 0.766. The molecule has 0 radical (unpaired) electrons. The van der Waals surface area contributed by atoms with Crippen LogP contribution in [0.25, 0.3) is 0 Å². The van der Waals surface area contributed by atoms with Crippen LogP contribution in [0.4, 0.5) is 5.82 Å². The molecule has 0 aliphatic carbocycles. The summed E-state index contributed by atoms with van der Waals surface area (Å²) in [6.07, 6.45) is 0.872. The lowest BCUT2D eigenvalue weighted by Gasteiger charge is -2.38. The van der Waals surface area contributed by atoms with Crippen molar-refractivity contribution in [3.05, 3.63) is 39.5 Å². The minimum Gasteiger partial charge on any atom is -0.478 e. The Bertz CT molecular complexity index is 920. The van der Waals surface area contributed by atoms with Crippen molar-refractivity contribution in [2.75, 3.05) is 25.1 Å². The fourth-order valence-electron chi connectivity index (χ4n) is 3.26. The number of piperidine rings is 1. The highest BCUT2D eigenvalue weighted by Gasteiger charge is 2.32. The first-order valence-corrected chi connectivity index (χ1v) is 9.81. The number of carbonyl (C=O) groups is 2. The highest BCUT2D eigenvalue weighted by molar-refractivity contribution is 6.30. The number of pyridine rings is 1. The van der Waals surface area contributed by atoms with E-state index in [9.17, 15) is 14.7 Å². The van der Waals surface area contributed by atoms with Gasteiger partial charge in [0, 0.05) is 20.2 Å². The van der Waals surface area contributed by atoms with Gasteiger partial charge in [0.25, 0.3) is 5.91 Å². The average molecular weight is 442 g/mol. The van der Waals surface area contributed by atoms with Gasteiger partial charge >= 0.3 is 5.97 Å². The van der Waals surface area contributed by atoms with Crippen LogP contribution in [0, 0.1) is 0 Å². The summed E-state index contributed by atoms with van der Waals surface area (Å²) in [5, 5.41) is 12.5. The Labute approximate surface area is 177 Å². The van der Waals surface area contributed by atoms with Crippen molar-refractivity contribution in [2.24, 2.45) is 0 Å². The molecule has 0 bridgehead atoms. The molecule has 1 fully saturated rings. The standard InChI is InChI=1S/C18H21Cl2N5O4/c1-3-10-15(20)24-16(21-10)17(26)22-11-4-5-25(8-12(11)29-2)14-7-9(18(27)28)6-13(19)23-14/h6-7,11-12H,3-5,8H2,1-2H3,(H,21,24)(H,22,26)(H,27,28). The topological polar surface area (TPSA) is 120 Å². The number of carboxylic acid groups (broad SMARTS) is 1. The van der Waals surface area contributed by atoms with Gasteiger partial charge in [0.1, 0.15) is 11.0 Å². The summed E-state index contributed by atoms with van der Waals surface area (Å²) >= 11 is 12.0. The van der Waals surface area contributed by atoms with E-state index < -0.39 is 5.97 Å². The number of imidazole rings is 1. The van der Waals surface area contributed by atoms with Crippen molar-refractivity contribution in [3.63, 3.8) is 0 Å². The fraction of sp³-hybridized carbons (Fsp3) is 0.444. The Morgan fingerprint density at radius 2 is 2.14 bits per heavy atom. The number of aromatic carboxylic acids is 1. The first-order valence-electron chi connectivity index (χ1n) is 9.06. The van der Waals surface area contributed by atoms with E-state index in [2.05, 4.69) is 20.3 Å². The van der Waals surface area contributed by atoms with Crippen molar-refractivity contribution in [3.8, 4) is 0 Å². The fourth-order valence-corrected chi connectivity index (χ4v) is 3.73. The number of methoxy groups -OCH3 is 1. The third-order valence-corrected chi connectivity index (χ3v) is 5.33. The molecule has 2 aromatic heterocycles. The lowest BCUT2D eigenvalue weighted by Crippen LogP contribution is -2.55. The monoisotopic (exact) mass is 441 g/mol. The molecule has 2 unspecified atom stereocenters. The summed E-state index contributed by atoms with van der Waals surface area (Å²) < 4.78 is 5.56. The van der Waals surface area contributed by atoms with Gasteiger partial charge in [0.15, 0.2) is 11.0 Å². The van der Waals surface area contributed by atoms with Crippen LogP contribution < -0.4 is 10.2 Å². The SMILES string of the molecule is CCc1[nH]c(C(=O)NC2CCN(c3cc(C(=O)O)cc(Cl)n3)CC2OC)nc1Cl. The van der Waals surface area contributed by atoms with Crippen molar-refractivity contribution in [2.45, 2.75) is 31.9 Å². The zero-order valence-electron chi connectivity index (χ0n) is 15.9. The summed E-state index contributed by atoms with van der Waals surface area (Å²) in [5.74, 6) is -0.829. The lowest BCUT2D eigenvalue weighted by atomic mass is 10.0. The van der Waals surface area contributed by atoms with Crippen LogP contribution in [0.2, 0.25) is 10.3 Å². The molecule has 29 heavy (non-hydrogen) atoms. The number of nitrogens with one attached hydrogen (secondary N) is 2. The van der Waals surface area contributed by atoms with E-state index in [1.165, 1.54) is 12.1 Å². The molecule has 2 atom stereocenters. The predicted molar refractivity (Wildman–Crippen MR) is 108 cm³/mol. The first kappa shape index (κ1) is 21.4. The largest absolute Gasteiger partial charge is 0.478 e. The number of aromatic nitrogens is 3. The number of rotatable bonds is 6. The van der Waals surface area contributed by atoms with Crippen LogP contribution in [-0.2, 0) is 11.2 Å². The summed E-state index contributed by atoms with van der Waals surface area (Å²) in [6, 6.07) is 2.51. The Balaban J connectivity index is 1.71. The second-order valence-corrected chi connectivity index (χ2v) is 7.38. The van der Waals surface area contributed by atoms with Crippen LogP contribution in [0.3, 0.4) is 0 Å². The second kappa shape index (κ2) is 8.98. The average Bonchev–Trinajstić information content (AvgIpc) is 3.08. The van der Waals surface area contributed by atoms with Gasteiger partial charge in [-0.2, -0.15) is 0 Å². The Kier molecular flexibility index (Phi) is 6.61. The van der Waals surface area contributed by atoms with E-state index in [0.717, 1.165) is 0 Å². The minimum absolute atomic E-state index is 0.0609. The number of anilines is 1. The van der Waals surface area contributed by atoms with Crippen molar-refractivity contribution in [1.82, 2.24) is 20.3 Å². The molecule has 3 heterocycles. The van der Waals surface area contributed by atoms with Crippen LogP contribution in [0.5, 0.6) is 0 Å². The third-order valence-electron chi connectivity index (χ3n) is 4.83. The molecule has 0 saturated carbocycles. The van der Waals surface area contributed by atoms with Gasteiger partial charge in [0.05, 0.1) is 23.4 Å². The van der Waals surface area contributed by atoms with Gasteiger partial charge in [-0.3, -0.25) is 4.79 Å². The number of aryl methyl sites for hydroxylation is 1. The van der Waals surface area contributed by atoms with Crippen LogP contribution in [0.15, 0.2) is 12.1 Å². The Morgan fingerprint density at radius 3 is 2.76 bits per heavy atom. The predicted octanol–water partition coefficient (Wildman–Crippen LogP) is 2.40. The number of carbonyl (C=O) groups excluding carboxylic acids is 1. The molecule has 156 valence electrons. The van der Waals surface area contributed by atoms with Crippen molar-refractivity contribution < 1.29 is 19.4 Å². The van der Waals surface area contributed by atoms with Crippen LogP contribution >= 0.6 is 23.2 Å². The third kappa shape index (κ3) is 4.80. The molecule has 0 spiro atoms. The minimum atomic E-state index is -1.08. The van der Waals surface area contributed by atoms with Crippen LogP contribution in [0.1, 0.15) is 40.0 Å². The number of hydrogen-bond donors (Lipinski definition) is 3. The Hall–Kier alpha value is -2.36. The van der Waals surface area contributed by atoms with Gasteiger partial charge in [-0.25, -0.2) is 14.8 Å². The number of halogens is 2. The van der Waals surface area contributed by atoms with Crippen molar-refractivity contribution in [1.29, 1.82) is 0 Å². The number of H-pyrrole nitrogens is 1. The molecule has 1 amide bonds. The molecule has 3 rings (SSSR count). The molecule has 0 aromatic carbocycles. The lowest BCUT2D eigenvalue weighted by molar-refractivity contribution is 0.0536. The Morgan fingerprint density at radius 1 is 1.38 bits per heavy atom. The molecular formula is C18H21Cl2N5O4. The molecule has 11 heteroatoms. The smallest absolute Gasteiger partial charge is 0.335 e. The number of carboxylic acids is 1. The van der Waals surface area contributed by atoms with Gasteiger partial charge in [-0.05, 0) is 25.0 Å². The zero-order valence-corrected chi connectivity index (χ0v) is 17.4. The second-order valence-electron chi connectivity index (χ2n) is 6.64. The number of ether oxygens (including phenoxy) is 1. The van der Waals surface area contributed by atoms with Crippen molar-refractivity contribution >= 4 is 40.9 Å². The maximum atomic E-state index is 12.5. The number of hydrogen-bond acceptors (Lipinski definition) is 6. The van der Waals surface area contributed by atoms with E-state index in [4.69, 9.17) is 27.9 Å². The summed E-state index contributed by atoms with van der Waals surface area (Å²) in [7, 11) is 1.56. The van der Waals surface area contributed by atoms with Gasteiger partial charge in [0.2, 0.25) is 0 Å². The molecule has 9 nitrogen and oxygen atoms in total. The quantitative estimate of drug-likeness (QED) is 0.588. The normalized spacial score (nSPS) is 19.2. The molecule has 1 aliphatic heterocycles. The molecule has 1 aliphatic rings. The van der Waals surface area contributed by atoms with Gasteiger partial charge < -0.3 is 25.0 Å². The number of aromatic amines is 1. The number of amides is 1. The molecule has 3 N–H and O–H groups in total. The van der Waals surface area contributed by atoms with E-state index in [0.29, 0.717) is 37.4 Å². The summed E-state index contributed by atoms with van der Waals surface area (Å²) in [6.45, 7) is 2.86. The van der Waals surface area contributed by atoms with Crippen LogP contribution in [-0.4, -0.2) is 64.3 Å². The van der Waals surface area contributed by atoms with E-state index in [-0.39, 0.29) is 39.7 Å². The maximum absolute atomic E-state index is 12.5. The molecular weight excluding hydrogens is 421 g/mol. The molecule has 1 saturated heterocycles. The zero-order chi connectivity index (χ0) is 21.1. The highest BCUT2D eigenvalue weighted by Crippen LogP contribution is 2.24. The van der Waals surface area contributed by atoms with E-state index in [1.54, 1.807) is 7.11 Å². The highest BCUT2D eigenvalue weighted by atomic mass is 35.5. The maximum Gasteiger partial charge on any atom is 0.335 e. The van der Waals surface area contributed by atoms with Gasteiger partial charge in [-0.1, -0.05) is 30.1 Å². The first-order chi connectivity index (χ1) is 13.8. The van der Waals surface area contributed by atoms with Gasteiger partial charge in [-0.15, -0.1) is 0 Å². The van der Waals surface area contributed by atoms with E-state index in [1.807, 2.05) is 11.8 Å².